The predicted molar refractivity (Wildman–Crippen MR) is 127 cm³/mol. The Bertz CT molecular complexity index is 1370. The molecule has 2 aromatic carbocycles. The summed E-state index contributed by atoms with van der Waals surface area (Å²) in [4.78, 5) is 40.0. The first-order valence-electron chi connectivity index (χ1n) is 9.98. The smallest absolute Gasteiger partial charge is 0.295 e. The molecule has 0 aliphatic rings. The van der Waals surface area contributed by atoms with Crippen molar-refractivity contribution in [2.45, 2.75) is 13.8 Å². The number of hydrogen-bond acceptors (Lipinski definition) is 4. The minimum absolute atomic E-state index is 0.213. The lowest BCUT2D eigenvalue weighted by Gasteiger charge is -2.08. The van der Waals surface area contributed by atoms with Crippen molar-refractivity contribution in [1.29, 1.82) is 0 Å². The molecule has 32 heavy (non-hydrogen) atoms. The maximum Gasteiger partial charge on any atom is 0.295 e. The van der Waals surface area contributed by atoms with Gasteiger partial charge in [-0.1, -0.05) is 24.3 Å². The van der Waals surface area contributed by atoms with E-state index < -0.39 is 5.91 Å². The summed E-state index contributed by atoms with van der Waals surface area (Å²) < 4.78 is 3.21. The Morgan fingerprint density at radius 3 is 2.31 bits per heavy atom. The highest BCUT2D eigenvalue weighted by Gasteiger charge is 2.19. The molecule has 4 aromatic rings. The van der Waals surface area contributed by atoms with Crippen molar-refractivity contribution in [2.75, 3.05) is 10.6 Å². The van der Waals surface area contributed by atoms with E-state index in [4.69, 9.17) is 0 Å². The van der Waals surface area contributed by atoms with Crippen LogP contribution in [0.3, 0.4) is 0 Å². The fourth-order valence-electron chi connectivity index (χ4n) is 3.39. The van der Waals surface area contributed by atoms with Crippen LogP contribution in [-0.4, -0.2) is 21.2 Å². The van der Waals surface area contributed by atoms with Gasteiger partial charge in [0.05, 0.1) is 16.3 Å². The Morgan fingerprint density at radius 2 is 1.62 bits per heavy atom. The van der Waals surface area contributed by atoms with E-state index in [2.05, 4.69) is 10.6 Å². The largest absolute Gasteiger partial charge is 0.321 e. The quantitative estimate of drug-likeness (QED) is 0.478. The highest BCUT2D eigenvalue weighted by Crippen LogP contribution is 2.19. The van der Waals surface area contributed by atoms with Gasteiger partial charge in [0.25, 0.3) is 17.4 Å². The van der Waals surface area contributed by atoms with Gasteiger partial charge in [0.15, 0.2) is 0 Å². The van der Waals surface area contributed by atoms with E-state index in [1.165, 1.54) is 16.0 Å². The molecule has 162 valence electrons. The van der Waals surface area contributed by atoms with Gasteiger partial charge in [-0.15, -0.1) is 11.3 Å². The predicted octanol–water partition coefficient (Wildman–Crippen LogP) is 4.36. The number of rotatable bonds is 5. The monoisotopic (exact) mass is 446 g/mol. The zero-order valence-corrected chi connectivity index (χ0v) is 18.7. The number of thiophene rings is 1. The summed E-state index contributed by atoms with van der Waals surface area (Å²) in [6.07, 6.45) is 0. The molecule has 0 fully saturated rings. The lowest BCUT2D eigenvalue weighted by atomic mass is 10.2. The van der Waals surface area contributed by atoms with Gasteiger partial charge in [0, 0.05) is 23.2 Å². The van der Waals surface area contributed by atoms with Gasteiger partial charge in [0.1, 0.15) is 5.69 Å². The molecule has 0 atom stereocenters. The minimum Gasteiger partial charge on any atom is -0.321 e. The number of amides is 2. The number of benzene rings is 2. The van der Waals surface area contributed by atoms with Gasteiger partial charge in [0.2, 0.25) is 0 Å². The van der Waals surface area contributed by atoms with Crippen molar-refractivity contribution in [3.05, 3.63) is 98.1 Å². The van der Waals surface area contributed by atoms with Gasteiger partial charge in [-0.2, -0.15) is 0 Å². The third-order valence-corrected chi connectivity index (χ3v) is 6.14. The van der Waals surface area contributed by atoms with Crippen molar-refractivity contribution in [3.63, 3.8) is 0 Å². The second kappa shape index (κ2) is 8.68. The molecule has 2 aromatic heterocycles. The molecule has 0 saturated carbocycles. The number of para-hydroxylation sites is 1. The van der Waals surface area contributed by atoms with Crippen LogP contribution < -0.4 is 16.2 Å². The Kier molecular flexibility index (Phi) is 5.79. The van der Waals surface area contributed by atoms with E-state index >= 15 is 0 Å². The SMILES string of the molecule is Cc1ccc(C(=O)Nc2cccc(C(=O)Nc3c(C)n(C)n(-c4ccccc4)c3=O)c2)s1. The average molecular weight is 447 g/mol. The lowest BCUT2D eigenvalue weighted by molar-refractivity contribution is 0.101. The molecule has 8 heteroatoms. The second-order valence-electron chi connectivity index (χ2n) is 7.34. The summed E-state index contributed by atoms with van der Waals surface area (Å²) >= 11 is 1.40. The molecule has 0 aliphatic carbocycles. The molecule has 4 rings (SSSR count). The third-order valence-electron chi connectivity index (χ3n) is 5.14. The van der Waals surface area contributed by atoms with E-state index in [-0.39, 0.29) is 17.2 Å². The van der Waals surface area contributed by atoms with Gasteiger partial charge in [-0.25, -0.2) is 4.68 Å². The first-order chi connectivity index (χ1) is 15.3. The summed E-state index contributed by atoms with van der Waals surface area (Å²) in [5.41, 5.74) is 2.06. The number of hydrogen-bond donors (Lipinski definition) is 2. The molecule has 0 bridgehead atoms. The van der Waals surface area contributed by atoms with Crippen LogP contribution in [0.15, 0.2) is 71.5 Å². The number of aromatic nitrogens is 2. The minimum atomic E-state index is -0.431. The van der Waals surface area contributed by atoms with Gasteiger partial charge in [-0.3, -0.25) is 19.1 Å². The van der Waals surface area contributed by atoms with E-state index in [0.717, 1.165) is 4.88 Å². The first-order valence-corrected chi connectivity index (χ1v) is 10.8. The summed E-state index contributed by atoms with van der Waals surface area (Å²) in [7, 11) is 1.77. The highest BCUT2D eigenvalue weighted by atomic mass is 32.1. The van der Waals surface area contributed by atoms with Crippen molar-refractivity contribution in [3.8, 4) is 5.69 Å². The molecular weight excluding hydrogens is 424 g/mol. The Labute approximate surface area is 188 Å². The van der Waals surface area contributed by atoms with E-state index in [0.29, 0.717) is 27.5 Å². The molecule has 0 saturated heterocycles. The molecule has 0 spiro atoms. The van der Waals surface area contributed by atoms with Gasteiger partial charge < -0.3 is 10.6 Å². The first kappa shape index (κ1) is 21.3. The Balaban J connectivity index is 1.57. The van der Waals surface area contributed by atoms with Crippen LogP contribution in [-0.2, 0) is 7.05 Å². The van der Waals surface area contributed by atoms with Crippen molar-refractivity contribution < 1.29 is 9.59 Å². The average Bonchev–Trinajstić information content (AvgIpc) is 3.31. The molecular formula is C24H22N4O3S. The number of carbonyl (C=O) groups is 2. The van der Waals surface area contributed by atoms with Gasteiger partial charge >= 0.3 is 0 Å². The zero-order valence-electron chi connectivity index (χ0n) is 17.9. The summed E-state index contributed by atoms with van der Waals surface area (Å²) in [6.45, 7) is 3.71. The maximum atomic E-state index is 13.0. The number of aryl methyl sites for hydroxylation is 1. The van der Waals surface area contributed by atoms with E-state index in [9.17, 15) is 14.4 Å². The van der Waals surface area contributed by atoms with Crippen molar-refractivity contribution in [2.24, 2.45) is 7.05 Å². The highest BCUT2D eigenvalue weighted by molar-refractivity contribution is 7.14. The van der Waals surface area contributed by atoms with E-state index in [1.54, 1.807) is 49.0 Å². The van der Waals surface area contributed by atoms with Crippen LogP contribution in [0.5, 0.6) is 0 Å². The number of nitrogens with one attached hydrogen (secondary N) is 2. The van der Waals surface area contributed by atoms with Crippen LogP contribution in [0.2, 0.25) is 0 Å². The third kappa shape index (κ3) is 4.13. The fraction of sp³-hybridized carbons (Fsp3) is 0.125. The van der Waals surface area contributed by atoms with Crippen molar-refractivity contribution in [1.82, 2.24) is 9.36 Å². The number of anilines is 2. The van der Waals surface area contributed by atoms with Crippen LogP contribution in [0, 0.1) is 13.8 Å². The van der Waals surface area contributed by atoms with Crippen LogP contribution in [0.4, 0.5) is 11.4 Å². The van der Waals surface area contributed by atoms with Crippen LogP contribution in [0.25, 0.3) is 5.69 Å². The summed E-state index contributed by atoms with van der Waals surface area (Å²) in [6, 6.07) is 19.5. The number of nitrogens with zero attached hydrogens (tertiary/aromatic N) is 2. The second-order valence-corrected chi connectivity index (χ2v) is 8.62. The van der Waals surface area contributed by atoms with E-state index in [1.807, 2.05) is 43.3 Å². The molecule has 2 amide bonds. The molecule has 2 N–H and O–H groups in total. The molecule has 0 unspecified atom stereocenters. The maximum absolute atomic E-state index is 13.0. The Hall–Kier alpha value is -3.91. The summed E-state index contributed by atoms with van der Waals surface area (Å²) in [5, 5.41) is 5.55. The Morgan fingerprint density at radius 1 is 0.875 bits per heavy atom. The molecule has 7 nitrogen and oxygen atoms in total. The normalized spacial score (nSPS) is 10.7. The standard InChI is InChI=1S/C24H22N4O3S/c1-15-12-13-20(32-15)23(30)25-18-9-7-8-17(14-18)22(29)26-21-16(2)27(3)28(24(21)31)19-10-5-4-6-11-19/h4-14H,1-3H3,(H,25,30)(H,26,29). The molecule has 0 aliphatic heterocycles. The molecule has 2 heterocycles. The fourth-order valence-corrected chi connectivity index (χ4v) is 4.15. The lowest BCUT2D eigenvalue weighted by Crippen LogP contribution is -2.23. The van der Waals surface area contributed by atoms with Gasteiger partial charge in [-0.05, 0) is 56.3 Å². The zero-order chi connectivity index (χ0) is 22.8. The molecule has 0 radical (unpaired) electrons. The number of carbonyl (C=O) groups excluding carboxylic acids is 2. The summed E-state index contributed by atoms with van der Waals surface area (Å²) in [5.74, 6) is -0.663. The topological polar surface area (TPSA) is 85.1 Å². The van der Waals surface area contributed by atoms with Crippen LogP contribution in [0.1, 0.15) is 30.6 Å². The van der Waals surface area contributed by atoms with Crippen LogP contribution >= 0.6 is 11.3 Å². The van der Waals surface area contributed by atoms with Crippen molar-refractivity contribution >= 4 is 34.5 Å².